The Bertz CT molecular complexity index is 613. The van der Waals surface area contributed by atoms with E-state index >= 15 is 0 Å². The lowest BCUT2D eigenvalue weighted by Gasteiger charge is -2.40. The van der Waals surface area contributed by atoms with Gasteiger partial charge in [-0.3, -0.25) is 4.90 Å². The number of rotatable bonds is 9. The van der Waals surface area contributed by atoms with Gasteiger partial charge in [-0.05, 0) is 56.3 Å². The van der Waals surface area contributed by atoms with Crippen LogP contribution in [-0.4, -0.2) is 37.7 Å². The molecule has 1 saturated heterocycles. The van der Waals surface area contributed by atoms with Crippen LogP contribution in [0.25, 0.3) is 0 Å². The van der Waals surface area contributed by atoms with Crippen LogP contribution in [0.1, 0.15) is 49.1 Å². The van der Waals surface area contributed by atoms with Crippen molar-refractivity contribution in [2.45, 2.75) is 50.5 Å². The second-order valence-corrected chi connectivity index (χ2v) is 7.51. The van der Waals surface area contributed by atoms with E-state index in [1.807, 2.05) is 7.11 Å². The highest BCUT2D eigenvalue weighted by atomic mass is 16.5. The number of nitrogens with zero attached hydrogens (tertiary/aromatic N) is 1. The number of piperidine rings is 1. The number of aryl methyl sites for hydroxylation is 1. The minimum atomic E-state index is 0.482. The van der Waals surface area contributed by atoms with E-state index in [0.717, 1.165) is 6.61 Å². The Morgan fingerprint density at radius 3 is 2.42 bits per heavy atom. The van der Waals surface area contributed by atoms with Crippen LogP contribution in [0.3, 0.4) is 0 Å². The lowest BCUT2D eigenvalue weighted by atomic mass is 9.85. The van der Waals surface area contributed by atoms with Crippen molar-refractivity contribution in [3.63, 3.8) is 0 Å². The Hall–Kier alpha value is -1.64. The van der Waals surface area contributed by atoms with E-state index < -0.39 is 0 Å². The Kier molecular flexibility index (Phi) is 7.72. The van der Waals surface area contributed by atoms with Crippen LogP contribution in [0.4, 0.5) is 0 Å². The minimum Gasteiger partial charge on any atom is -0.384 e. The molecule has 2 atom stereocenters. The summed E-state index contributed by atoms with van der Waals surface area (Å²) in [5, 5.41) is 0. The highest BCUT2D eigenvalue weighted by Crippen LogP contribution is 2.31. The van der Waals surface area contributed by atoms with Gasteiger partial charge in [0.05, 0.1) is 6.61 Å². The molecule has 2 aromatic carbocycles. The van der Waals surface area contributed by atoms with Crippen molar-refractivity contribution in [2.24, 2.45) is 0 Å². The van der Waals surface area contributed by atoms with Crippen LogP contribution >= 0.6 is 0 Å². The molecule has 0 aliphatic carbocycles. The summed E-state index contributed by atoms with van der Waals surface area (Å²) in [5.41, 5.74) is 2.89. The summed E-state index contributed by atoms with van der Waals surface area (Å²) in [4.78, 5) is 2.74. The molecule has 1 fully saturated rings. The second kappa shape index (κ2) is 10.5. The number of unbranched alkanes of at least 4 members (excludes halogenated alkanes) is 1. The summed E-state index contributed by atoms with van der Waals surface area (Å²) in [6.07, 6.45) is 7.72. The zero-order valence-electron chi connectivity index (χ0n) is 16.1. The molecule has 2 aromatic rings. The molecule has 0 spiro atoms. The third kappa shape index (κ3) is 5.43. The molecule has 0 unspecified atom stereocenters. The molecule has 2 heteroatoms. The smallest absolute Gasteiger partial charge is 0.0546 e. The van der Waals surface area contributed by atoms with Gasteiger partial charge in [0.1, 0.15) is 0 Å². The third-order valence-corrected chi connectivity index (χ3v) is 5.71. The largest absolute Gasteiger partial charge is 0.384 e. The quantitative estimate of drug-likeness (QED) is 0.569. The molecule has 0 bridgehead atoms. The average molecular weight is 352 g/mol. The first-order valence-electron chi connectivity index (χ1n) is 10.2. The molecule has 0 radical (unpaired) electrons. The molecule has 1 heterocycles. The normalized spacial score (nSPS) is 19.3. The fourth-order valence-electron chi connectivity index (χ4n) is 4.35. The van der Waals surface area contributed by atoms with Gasteiger partial charge in [-0.2, -0.15) is 0 Å². The van der Waals surface area contributed by atoms with E-state index in [9.17, 15) is 0 Å². The van der Waals surface area contributed by atoms with Crippen LogP contribution in [0.5, 0.6) is 0 Å². The zero-order chi connectivity index (χ0) is 18.0. The molecular formula is C24H33NO. The van der Waals surface area contributed by atoms with Gasteiger partial charge >= 0.3 is 0 Å². The topological polar surface area (TPSA) is 12.5 Å². The first-order chi connectivity index (χ1) is 12.9. The van der Waals surface area contributed by atoms with Crippen molar-refractivity contribution in [3.05, 3.63) is 71.8 Å². The number of methoxy groups -OCH3 is 1. The van der Waals surface area contributed by atoms with Crippen LogP contribution < -0.4 is 0 Å². The molecule has 1 aliphatic rings. The van der Waals surface area contributed by atoms with Crippen molar-refractivity contribution >= 4 is 0 Å². The summed E-state index contributed by atoms with van der Waals surface area (Å²) in [6, 6.07) is 22.4. The van der Waals surface area contributed by atoms with Crippen molar-refractivity contribution in [3.8, 4) is 0 Å². The number of hydrogen-bond acceptors (Lipinski definition) is 2. The summed E-state index contributed by atoms with van der Waals surface area (Å²) >= 11 is 0. The average Bonchev–Trinajstić information content (AvgIpc) is 2.71. The first-order valence-corrected chi connectivity index (χ1v) is 10.2. The van der Waals surface area contributed by atoms with E-state index in [4.69, 9.17) is 4.74 Å². The lowest BCUT2D eigenvalue weighted by molar-refractivity contribution is 0.0807. The Balaban J connectivity index is 1.57. The maximum Gasteiger partial charge on any atom is 0.0546 e. The second-order valence-electron chi connectivity index (χ2n) is 7.51. The number of hydrogen-bond donors (Lipinski definition) is 0. The van der Waals surface area contributed by atoms with Crippen molar-refractivity contribution in [1.29, 1.82) is 0 Å². The first kappa shape index (κ1) is 19.1. The predicted octanol–water partition coefficient (Wildman–Crippen LogP) is 5.29. The predicted molar refractivity (Wildman–Crippen MR) is 110 cm³/mol. The molecule has 140 valence electrons. The number of ether oxygens (including phenoxy) is 1. The molecule has 0 saturated carbocycles. The van der Waals surface area contributed by atoms with Crippen molar-refractivity contribution in [1.82, 2.24) is 4.90 Å². The maximum atomic E-state index is 5.62. The van der Waals surface area contributed by atoms with E-state index in [-0.39, 0.29) is 0 Å². The minimum absolute atomic E-state index is 0.482. The number of benzene rings is 2. The highest BCUT2D eigenvalue weighted by Gasteiger charge is 2.30. The van der Waals surface area contributed by atoms with Gasteiger partial charge in [-0.1, -0.05) is 67.1 Å². The van der Waals surface area contributed by atoms with E-state index in [0.29, 0.717) is 12.0 Å². The molecular weight excluding hydrogens is 318 g/mol. The Morgan fingerprint density at radius 2 is 1.69 bits per heavy atom. The van der Waals surface area contributed by atoms with Gasteiger partial charge in [0.15, 0.2) is 0 Å². The summed E-state index contributed by atoms with van der Waals surface area (Å²) in [7, 11) is 1.84. The fraction of sp³-hybridized carbons (Fsp3) is 0.500. The third-order valence-electron chi connectivity index (χ3n) is 5.71. The SMILES string of the molecule is COC[C@H](c1ccccc1)[C@H]1CCCCN1CCCCc1ccccc1. The van der Waals surface area contributed by atoms with Gasteiger partial charge in [0, 0.05) is 19.1 Å². The van der Waals surface area contributed by atoms with E-state index in [1.165, 1.54) is 62.7 Å². The molecule has 1 aliphatic heterocycles. The standard InChI is InChI=1S/C24H33NO/c1-26-20-23(22-15-6-3-7-16-22)24-17-9-11-19-25(24)18-10-8-14-21-12-4-2-5-13-21/h2-7,12-13,15-16,23-24H,8-11,14,17-20H2,1H3/t23-,24-/m1/s1. The van der Waals surface area contributed by atoms with Gasteiger partial charge in [-0.25, -0.2) is 0 Å². The van der Waals surface area contributed by atoms with E-state index in [2.05, 4.69) is 65.6 Å². The van der Waals surface area contributed by atoms with Crippen LogP contribution in [0, 0.1) is 0 Å². The van der Waals surface area contributed by atoms with E-state index in [1.54, 1.807) is 0 Å². The molecule has 3 rings (SSSR count). The summed E-state index contributed by atoms with van der Waals surface area (Å²) in [6.45, 7) is 3.27. The van der Waals surface area contributed by atoms with Crippen LogP contribution in [-0.2, 0) is 11.2 Å². The van der Waals surface area contributed by atoms with Gasteiger partial charge in [0.25, 0.3) is 0 Å². The molecule has 0 amide bonds. The zero-order valence-corrected chi connectivity index (χ0v) is 16.1. The maximum absolute atomic E-state index is 5.62. The Labute approximate surface area is 159 Å². The summed E-state index contributed by atoms with van der Waals surface area (Å²) in [5.74, 6) is 0.482. The Morgan fingerprint density at radius 1 is 0.962 bits per heavy atom. The van der Waals surface area contributed by atoms with Crippen molar-refractivity contribution in [2.75, 3.05) is 26.8 Å². The molecule has 26 heavy (non-hydrogen) atoms. The summed E-state index contributed by atoms with van der Waals surface area (Å²) < 4.78 is 5.62. The highest BCUT2D eigenvalue weighted by molar-refractivity contribution is 5.22. The van der Waals surface area contributed by atoms with Crippen LogP contribution in [0.15, 0.2) is 60.7 Å². The fourth-order valence-corrected chi connectivity index (χ4v) is 4.35. The molecule has 0 aromatic heterocycles. The lowest BCUT2D eigenvalue weighted by Crippen LogP contribution is -2.44. The van der Waals surface area contributed by atoms with Gasteiger partial charge in [0.2, 0.25) is 0 Å². The van der Waals surface area contributed by atoms with Crippen LogP contribution in [0.2, 0.25) is 0 Å². The monoisotopic (exact) mass is 351 g/mol. The van der Waals surface area contributed by atoms with Gasteiger partial charge < -0.3 is 4.74 Å². The molecule has 0 N–H and O–H groups in total. The van der Waals surface area contributed by atoms with Crippen molar-refractivity contribution < 1.29 is 4.74 Å². The molecule has 2 nitrogen and oxygen atoms in total. The van der Waals surface area contributed by atoms with Gasteiger partial charge in [-0.15, -0.1) is 0 Å². The number of likely N-dealkylation sites (tertiary alicyclic amines) is 1.